The summed E-state index contributed by atoms with van der Waals surface area (Å²) in [7, 11) is 1.43. The number of nitrogens with two attached hydrogens (primary N) is 1. The molecule has 0 saturated heterocycles. The Balaban J connectivity index is 1.75. The summed E-state index contributed by atoms with van der Waals surface area (Å²) in [4.78, 5) is 44.7. The van der Waals surface area contributed by atoms with Crippen LogP contribution in [0.2, 0.25) is 0 Å². The highest BCUT2D eigenvalue weighted by Crippen LogP contribution is 2.36. The number of rotatable bonds is 8. The summed E-state index contributed by atoms with van der Waals surface area (Å²) < 4.78 is 29.1. The summed E-state index contributed by atoms with van der Waals surface area (Å²) in [5.41, 5.74) is 6.86. The van der Waals surface area contributed by atoms with Gasteiger partial charge < -0.3 is 31.0 Å². The van der Waals surface area contributed by atoms with Crippen LogP contribution in [-0.2, 0) is 16.1 Å². The fourth-order valence-electron chi connectivity index (χ4n) is 3.32. The lowest BCUT2D eigenvalue weighted by Crippen LogP contribution is -2.20. The Bertz CT molecular complexity index is 1320. The number of hydrogen-bond donors (Lipinski definition) is 4. The van der Waals surface area contributed by atoms with Gasteiger partial charge in [0.05, 0.1) is 35.9 Å². The van der Waals surface area contributed by atoms with Crippen molar-refractivity contribution in [3.63, 3.8) is 0 Å². The molecule has 1 aliphatic rings. The van der Waals surface area contributed by atoms with Gasteiger partial charge in [0.2, 0.25) is 11.8 Å². The number of anilines is 3. The first-order valence-electron chi connectivity index (χ1n) is 11.3. The van der Waals surface area contributed by atoms with Crippen molar-refractivity contribution in [1.82, 2.24) is 19.9 Å². The second-order valence-electron chi connectivity index (χ2n) is 7.31. The number of aromatic nitrogens is 3. The van der Waals surface area contributed by atoms with Crippen molar-refractivity contribution in [3.05, 3.63) is 36.3 Å². The highest BCUT2D eigenvalue weighted by atomic mass is 16.5. The Kier molecular flexibility index (Phi) is 4.67. The molecule has 0 spiro atoms. The third kappa shape index (κ3) is 4.17. The number of imidazole rings is 1. The van der Waals surface area contributed by atoms with Crippen LogP contribution in [0.5, 0.6) is 5.75 Å². The van der Waals surface area contributed by atoms with Gasteiger partial charge in [-0.25, -0.2) is 9.97 Å². The maximum Gasteiger partial charge on any atom is 0.254 e. The van der Waals surface area contributed by atoms with E-state index in [2.05, 4.69) is 20.6 Å². The summed E-state index contributed by atoms with van der Waals surface area (Å²) in [6.07, 6.45) is 4.22. The van der Waals surface area contributed by atoms with Crippen molar-refractivity contribution in [2.75, 3.05) is 24.7 Å². The molecule has 1 saturated carbocycles. The second-order valence-corrected chi connectivity index (χ2v) is 7.31. The van der Waals surface area contributed by atoms with E-state index in [1.807, 2.05) is 5.32 Å². The van der Waals surface area contributed by atoms with Gasteiger partial charge in [0.15, 0.2) is 5.75 Å². The van der Waals surface area contributed by atoms with E-state index in [0.717, 1.165) is 12.8 Å². The number of carbonyl (C=O) groups is 3. The van der Waals surface area contributed by atoms with Crippen LogP contribution in [0, 0.1) is 5.92 Å². The highest BCUT2D eigenvalue weighted by Gasteiger charge is 2.30. The molecule has 4 rings (SSSR count). The molecule has 2 aromatic heterocycles. The van der Waals surface area contributed by atoms with E-state index in [1.54, 1.807) is 12.1 Å². The first-order chi connectivity index (χ1) is 16.6. The van der Waals surface area contributed by atoms with E-state index in [4.69, 9.17) is 14.6 Å². The van der Waals surface area contributed by atoms with E-state index in [1.165, 1.54) is 30.3 Å². The molecule has 0 atom stereocenters. The molecule has 166 valence electrons. The van der Waals surface area contributed by atoms with Crippen LogP contribution in [0.15, 0.2) is 30.7 Å². The Morgan fingerprint density at radius 1 is 1.28 bits per heavy atom. The lowest BCUT2D eigenvalue weighted by atomic mass is 10.1. The van der Waals surface area contributed by atoms with Crippen molar-refractivity contribution < 1.29 is 23.2 Å². The quantitative estimate of drug-likeness (QED) is 0.413. The van der Waals surface area contributed by atoms with Gasteiger partial charge in [0, 0.05) is 29.3 Å². The van der Waals surface area contributed by atoms with E-state index in [-0.39, 0.29) is 35.4 Å². The molecular weight excluding hydrogens is 414 g/mol. The lowest BCUT2D eigenvalue weighted by Gasteiger charge is -2.16. The van der Waals surface area contributed by atoms with Gasteiger partial charge in [-0.3, -0.25) is 14.4 Å². The number of pyridine rings is 1. The molecule has 2 heterocycles. The number of nitrogens with one attached hydrogen (secondary N) is 3. The Morgan fingerprint density at radius 2 is 2.09 bits per heavy atom. The number of amides is 3. The molecule has 1 aromatic carbocycles. The first kappa shape index (κ1) is 17.5. The predicted molar refractivity (Wildman–Crippen MR) is 118 cm³/mol. The van der Waals surface area contributed by atoms with Crippen molar-refractivity contribution >= 4 is 45.9 Å². The van der Waals surface area contributed by atoms with Crippen molar-refractivity contribution in [3.8, 4) is 5.75 Å². The molecular formula is C21H23N7O4. The smallest absolute Gasteiger partial charge is 0.254 e. The fraction of sp³-hybridized carbons (Fsp3) is 0.286. The zero-order valence-corrected chi connectivity index (χ0v) is 17.1. The molecule has 3 amide bonds. The Hall–Kier alpha value is -4.15. The predicted octanol–water partition coefficient (Wildman–Crippen LogP) is 1.38. The highest BCUT2D eigenvalue weighted by molar-refractivity contribution is 6.02. The maximum atomic E-state index is 12.7. The van der Waals surface area contributed by atoms with E-state index in [0.29, 0.717) is 22.5 Å². The zero-order valence-electron chi connectivity index (χ0n) is 20.1. The van der Waals surface area contributed by atoms with Crippen molar-refractivity contribution in [2.45, 2.75) is 19.4 Å². The monoisotopic (exact) mass is 440 g/mol. The summed E-state index contributed by atoms with van der Waals surface area (Å²) in [6, 6.07) is 4.76. The van der Waals surface area contributed by atoms with Crippen molar-refractivity contribution in [1.29, 1.82) is 0 Å². The maximum absolute atomic E-state index is 12.7. The van der Waals surface area contributed by atoms with Gasteiger partial charge in [-0.05, 0) is 25.0 Å². The summed E-state index contributed by atoms with van der Waals surface area (Å²) in [5, 5.41) is 7.69. The number of ether oxygens (including phenoxy) is 1. The third-order valence-corrected chi connectivity index (χ3v) is 4.99. The van der Waals surface area contributed by atoms with Gasteiger partial charge >= 0.3 is 0 Å². The molecule has 5 N–H and O–H groups in total. The molecule has 11 nitrogen and oxygen atoms in total. The van der Waals surface area contributed by atoms with Gasteiger partial charge in [-0.2, -0.15) is 0 Å². The lowest BCUT2D eigenvalue weighted by molar-refractivity contribution is -0.118. The first-order valence-corrected chi connectivity index (χ1v) is 9.76. The number of hydrogen-bond acceptors (Lipinski definition) is 7. The summed E-state index contributed by atoms with van der Waals surface area (Å²) in [6.45, 7) is -2.85. The van der Waals surface area contributed by atoms with Crippen LogP contribution in [0.3, 0.4) is 0 Å². The molecule has 0 radical (unpaired) electrons. The molecule has 0 aliphatic heterocycles. The van der Waals surface area contributed by atoms with E-state index < -0.39 is 18.8 Å². The number of carbonyl (C=O) groups excluding carboxylic acids is 3. The van der Waals surface area contributed by atoms with Crippen LogP contribution >= 0.6 is 0 Å². The standard InChI is InChI=1S/C21H23N7O4/c1-23-21(31)12-8-24-17(27-20(30)11-3-4-11)7-15(12)26-14-6-5-13-18(19(14)32-2)28(10-25-13)9-16(22)29/h5-8,10-11H,3-4,9H2,1-2H3,(H2,22,29)(H,23,31)(H2,24,26,27,30)/i1D3. The number of benzene rings is 1. The van der Waals surface area contributed by atoms with E-state index in [9.17, 15) is 14.4 Å². The Morgan fingerprint density at radius 3 is 2.78 bits per heavy atom. The zero-order chi connectivity index (χ0) is 25.3. The molecule has 32 heavy (non-hydrogen) atoms. The van der Waals surface area contributed by atoms with Gasteiger partial charge in [0.25, 0.3) is 5.91 Å². The molecule has 0 unspecified atom stereocenters. The number of primary amides is 1. The molecule has 1 aliphatic carbocycles. The largest absolute Gasteiger partial charge is 0.492 e. The SMILES string of the molecule is [2H]C([2H])([2H])NC(=O)c1cnc(NC(=O)C2CC2)cc1Nc1ccc2ncn(CC(N)=O)c2c1OC. The number of fused-ring (bicyclic) bond motifs is 1. The van der Waals surface area contributed by atoms with E-state index >= 15 is 0 Å². The Labute approximate surface area is 187 Å². The van der Waals surface area contributed by atoms with Gasteiger partial charge in [-0.1, -0.05) is 0 Å². The topological polar surface area (TPSA) is 153 Å². The minimum atomic E-state index is -2.72. The summed E-state index contributed by atoms with van der Waals surface area (Å²) >= 11 is 0. The normalized spacial score (nSPS) is 14.7. The van der Waals surface area contributed by atoms with Crippen LogP contribution in [0.1, 0.15) is 27.3 Å². The minimum Gasteiger partial charge on any atom is -0.492 e. The van der Waals surface area contributed by atoms with Gasteiger partial charge in [-0.15, -0.1) is 0 Å². The third-order valence-electron chi connectivity index (χ3n) is 4.99. The minimum absolute atomic E-state index is 0.0696. The average Bonchev–Trinajstić information content (AvgIpc) is 3.55. The average molecular weight is 440 g/mol. The van der Waals surface area contributed by atoms with Crippen LogP contribution < -0.4 is 26.4 Å². The van der Waals surface area contributed by atoms with Crippen molar-refractivity contribution in [2.24, 2.45) is 11.7 Å². The van der Waals surface area contributed by atoms with Crippen LogP contribution in [0.4, 0.5) is 17.2 Å². The molecule has 11 heteroatoms. The van der Waals surface area contributed by atoms with Crippen LogP contribution in [-0.4, -0.2) is 46.3 Å². The molecule has 3 aromatic rings. The number of nitrogens with zero attached hydrogens (tertiary/aromatic N) is 3. The molecule has 1 fully saturated rings. The second kappa shape index (κ2) is 8.53. The summed E-state index contributed by atoms with van der Waals surface area (Å²) in [5.74, 6) is -1.22. The number of methoxy groups -OCH3 is 1. The van der Waals surface area contributed by atoms with Crippen LogP contribution in [0.25, 0.3) is 11.0 Å². The fourth-order valence-corrected chi connectivity index (χ4v) is 3.32. The van der Waals surface area contributed by atoms with Gasteiger partial charge in [0.1, 0.15) is 17.9 Å². The molecule has 0 bridgehead atoms.